The second-order valence-corrected chi connectivity index (χ2v) is 5.69. The molecule has 1 rings (SSSR count). The van der Waals surface area contributed by atoms with E-state index in [4.69, 9.17) is 0 Å². The van der Waals surface area contributed by atoms with Crippen molar-refractivity contribution >= 4 is 0 Å². The van der Waals surface area contributed by atoms with Gasteiger partial charge in [0.1, 0.15) is 0 Å². The molecule has 0 saturated heterocycles. The zero-order valence-corrected chi connectivity index (χ0v) is 11.3. The molecule has 0 amide bonds. The number of rotatable bonds is 6. The fourth-order valence-electron chi connectivity index (χ4n) is 2.54. The Hall–Kier alpha value is -0.0800. The lowest BCUT2D eigenvalue weighted by Gasteiger charge is -2.29. The standard InChI is InChI=1S/C14H29NO/c1-4-14(16,5-2)11-15-10-13-8-6-12(3)7-9-13/h12-13,15-16H,4-11H2,1-3H3. The summed E-state index contributed by atoms with van der Waals surface area (Å²) in [6.07, 6.45) is 7.20. The zero-order valence-electron chi connectivity index (χ0n) is 11.3. The first-order chi connectivity index (χ1) is 7.59. The SMILES string of the molecule is CCC(O)(CC)CNCC1CCC(C)CC1. The zero-order chi connectivity index (χ0) is 12.0. The van der Waals surface area contributed by atoms with Crippen LogP contribution in [0.5, 0.6) is 0 Å². The third-order valence-corrected chi connectivity index (χ3v) is 4.34. The summed E-state index contributed by atoms with van der Waals surface area (Å²) in [7, 11) is 0. The Morgan fingerprint density at radius 1 is 1.12 bits per heavy atom. The Bertz CT molecular complexity index is 181. The van der Waals surface area contributed by atoms with Gasteiger partial charge in [-0.3, -0.25) is 0 Å². The molecular weight excluding hydrogens is 198 g/mol. The molecule has 0 aliphatic heterocycles. The number of aliphatic hydroxyl groups is 1. The van der Waals surface area contributed by atoms with E-state index in [9.17, 15) is 5.11 Å². The summed E-state index contributed by atoms with van der Waals surface area (Å²) >= 11 is 0. The molecule has 16 heavy (non-hydrogen) atoms. The molecule has 0 heterocycles. The molecule has 0 aromatic carbocycles. The summed E-state index contributed by atoms with van der Waals surface area (Å²) in [5, 5.41) is 13.6. The van der Waals surface area contributed by atoms with Crippen LogP contribution in [0.2, 0.25) is 0 Å². The first-order valence-corrected chi connectivity index (χ1v) is 7.02. The largest absolute Gasteiger partial charge is 0.389 e. The van der Waals surface area contributed by atoms with Gasteiger partial charge in [-0.05, 0) is 44.1 Å². The molecule has 0 spiro atoms. The van der Waals surface area contributed by atoms with Crippen LogP contribution in [0.15, 0.2) is 0 Å². The Kier molecular flexibility index (Phi) is 5.77. The minimum atomic E-state index is -0.484. The van der Waals surface area contributed by atoms with Gasteiger partial charge < -0.3 is 10.4 Å². The summed E-state index contributed by atoms with van der Waals surface area (Å²) in [5.74, 6) is 1.77. The van der Waals surface area contributed by atoms with Gasteiger partial charge in [0, 0.05) is 6.54 Å². The van der Waals surface area contributed by atoms with Crippen LogP contribution in [-0.2, 0) is 0 Å². The average molecular weight is 227 g/mol. The molecule has 0 atom stereocenters. The maximum atomic E-state index is 10.1. The molecule has 2 heteroatoms. The molecule has 0 bridgehead atoms. The monoisotopic (exact) mass is 227 g/mol. The van der Waals surface area contributed by atoms with Crippen molar-refractivity contribution in [2.75, 3.05) is 13.1 Å². The molecule has 2 nitrogen and oxygen atoms in total. The van der Waals surface area contributed by atoms with E-state index < -0.39 is 5.60 Å². The number of nitrogens with one attached hydrogen (secondary N) is 1. The predicted molar refractivity (Wildman–Crippen MR) is 69.5 cm³/mol. The van der Waals surface area contributed by atoms with Gasteiger partial charge in [0.05, 0.1) is 5.60 Å². The molecule has 0 aromatic rings. The quantitative estimate of drug-likeness (QED) is 0.731. The fraction of sp³-hybridized carbons (Fsp3) is 1.00. The van der Waals surface area contributed by atoms with Gasteiger partial charge in [0.2, 0.25) is 0 Å². The molecule has 0 aromatic heterocycles. The van der Waals surface area contributed by atoms with E-state index in [2.05, 4.69) is 26.1 Å². The highest BCUT2D eigenvalue weighted by molar-refractivity contribution is 4.79. The van der Waals surface area contributed by atoms with Gasteiger partial charge in [-0.2, -0.15) is 0 Å². The second-order valence-electron chi connectivity index (χ2n) is 5.69. The van der Waals surface area contributed by atoms with E-state index in [1.165, 1.54) is 25.7 Å². The van der Waals surface area contributed by atoms with Crippen LogP contribution in [0, 0.1) is 11.8 Å². The van der Waals surface area contributed by atoms with E-state index in [0.717, 1.165) is 37.8 Å². The summed E-state index contributed by atoms with van der Waals surface area (Å²) in [6.45, 7) is 8.33. The normalized spacial score (nSPS) is 27.0. The van der Waals surface area contributed by atoms with Crippen LogP contribution in [0.3, 0.4) is 0 Å². The van der Waals surface area contributed by atoms with Crippen LogP contribution in [0.25, 0.3) is 0 Å². The summed E-state index contributed by atoms with van der Waals surface area (Å²) in [5.41, 5.74) is -0.484. The van der Waals surface area contributed by atoms with Crippen molar-refractivity contribution in [1.82, 2.24) is 5.32 Å². The molecule has 0 radical (unpaired) electrons. The maximum Gasteiger partial charge on any atom is 0.0766 e. The molecule has 1 saturated carbocycles. The van der Waals surface area contributed by atoms with Gasteiger partial charge in [-0.1, -0.05) is 33.6 Å². The van der Waals surface area contributed by atoms with Crippen molar-refractivity contribution in [3.8, 4) is 0 Å². The minimum Gasteiger partial charge on any atom is -0.389 e. The van der Waals surface area contributed by atoms with Crippen molar-refractivity contribution in [2.45, 2.75) is 64.9 Å². The van der Waals surface area contributed by atoms with Gasteiger partial charge in [0.15, 0.2) is 0 Å². The van der Waals surface area contributed by atoms with E-state index in [0.29, 0.717) is 0 Å². The van der Waals surface area contributed by atoms with Crippen molar-refractivity contribution in [1.29, 1.82) is 0 Å². The molecule has 1 aliphatic carbocycles. The van der Waals surface area contributed by atoms with E-state index >= 15 is 0 Å². The van der Waals surface area contributed by atoms with Gasteiger partial charge in [0.25, 0.3) is 0 Å². The van der Waals surface area contributed by atoms with E-state index in [-0.39, 0.29) is 0 Å². The Morgan fingerprint density at radius 2 is 1.69 bits per heavy atom. The third-order valence-electron chi connectivity index (χ3n) is 4.34. The first kappa shape index (κ1) is 14.0. The molecule has 1 fully saturated rings. The fourth-order valence-corrected chi connectivity index (χ4v) is 2.54. The summed E-state index contributed by atoms with van der Waals surface area (Å²) in [4.78, 5) is 0. The van der Waals surface area contributed by atoms with Crippen LogP contribution < -0.4 is 5.32 Å². The van der Waals surface area contributed by atoms with Crippen LogP contribution >= 0.6 is 0 Å². The molecular formula is C14H29NO. The van der Waals surface area contributed by atoms with Crippen LogP contribution in [-0.4, -0.2) is 23.8 Å². The van der Waals surface area contributed by atoms with Crippen molar-refractivity contribution in [3.63, 3.8) is 0 Å². The van der Waals surface area contributed by atoms with Crippen molar-refractivity contribution in [2.24, 2.45) is 11.8 Å². The first-order valence-electron chi connectivity index (χ1n) is 7.02. The van der Waals surface area contributed by atoms with Crippen LogP contribution in [0.4, 0.5) is 0 Å². The number of hydrogen-bond donors (Lipinski definition) is 2. The lowest BCUT2D eigenvalue weighted by molar-refractivity contribution is 0.0312. The summed E-state index contributed by atoms with van der Waals surface area (Å²) < 4.78 is 0. The van der Waals surface area contributed by atoms with Gasteiger partial charge >= 0.3 is 0 Å². The molecule has 96 valence electrons. The third kappa shape index (κ3) is 4.42. The highest BCUT2D eigenvalue weighted by atomic mass is 16.3. The maximum absolute atomic E-state index is 10.1. The van der Waals surface area contributed by atoms with Crippen LogP contribution in [0.1, 0.15) is 59.3 Å². The van der Waals surface area contributed by atoms with Crippen molar-refractivity contribution in [3.05, 3.63) is 0 Å². The van der Waals surface area contributed by atoms with Gasteiger partial charge in [-0.15, -0.1) is 0 Å². The second kappa shape index (κ2) is 6.61. The molecule has 1 aliphatic rings. The number of hydrogen-bond acceptors (Lipinski definition) is 2. The summed E-state index contributed by atoms with van der Waals surface area (Å²) in [6, 6.07) is 0. The lowest BCUT2D eigenvalue weighted by atomic mass is 9.83. The Balaban J connectivity index is 2.15. The molecule has 2 N–H and O–H groups in total. The van der Waals surface area contributed by atoms with Crippen molar-refractivity contribution < 1.29 is 5.11 Å². The smallest absolute Gasteiger partial charge is 0.0766 e. The van der Waals surface area contributed by atoms with Gasteiger partial charge in [-0.25, -0.2) is 0 Å². The topological polar surface area (TPSA) is 32.3 Å². The minimum absolute atomic E-state index is 0.484. The lowest BCUT2D eigenvalue weighted by Crippen LogP contribution is -2.41. The predicted octanol–water partition coefficient (Wildman–Crippen LogP) is 2.95. The highest BCUT2D eigenvalue weighted by Gasteiger charge is 2.23. The van der Waals surface area contributed by atoms with E-state index in [1.54, 1.807) is 0 Å². The Morgan fingerprint density at radius 3 is 2.19 bits per heavy atom. The highest BCUT2D eigenvalue weighted by Crippen LogP contribution is 2.27. The molecule has 0 unspecified atom stereocenters. The average Bonchev–Trinajstić information content (AvgIpc) is 2.31. The van der Waals surface area contributed by atoms with E-state index in [1.807, 2.05) is 0 Å². The Labute approximate surface area is 101 Å².